The van der Waals surface area contributed by atoms with Gasteiger partial charge in [0.05, 0.1) is 0 Å². The zero-order valence-corrected chi connectivity index (χ0v) is 12.4. The Morgan fingerprint density at radius 3 is 2.43 bits per heavy atom. The summed E-state index contributed by atoms with van der Waals surface area (Å²) in [4.78, 5) is 16.4. The number of nitrogens with zero attached hydrogens (tertiary/aromatic N) is 3. The van der Waals surface area contributed by atoms with E-state index in [4.69, 9.17) is 5.73 Å². The summed E-state index contributed by atoms with van der Waals surface area (Å²) in [5.41, 5.74) is 7.98. The Kier molecular flexibility index (Phi) is 3.68. The molecule has 0 saturated carbocycles. The number of phenols is 1. The molecule has 0 fully saturated rings. The van der Waals surface area contributed by atoms with Crippen molar-refractivity contribution in [3.05, 3.63) is 59.7 Å². The third kappa shape index (κ3) is 3.13. The van der Waals surface area contributed by atoms with Crippen LogP contribution in [0.25, 0.3) is 0 Å². The van der Waals surface area contributed by atoms with Crippen molar-refractivity contribution >= 4 is 23.5 Å². The Morgan fingerprint density at radius 2 is 1.78 bits per heavy atom. The minimum atomic E-state index is -0.353. The van der Waals surface area contributed by atoms with Crippen LogP contribution >= 0.6 is 0 Å². The molecule has 0 saturated heterocycles. The second kappa shape index (κ2) is 5.80. The number of aryl methyl sites for hydroxylation is 1. The van der Waals surface area contributed by atoms with Gasteiger partial charge < -0.3 is 16.2 Å². The zero-order valence-electron chi connectivity index (χ0n) is 12.4. The highest BCUT2D eigenvalue weighted by Gasteiger charge is 2.15. The first-order valence-corrected chi connectivity index (χ1v) is 6.93. The van der Waals surface area contributed by atoms with Crippen molar-refractivity contribution in [2.24, 2.45) is 0 Å². The molecule has 0 amide bonds. The summed E-state index contributed by atoms with van der Waals surface area (Å²) in [5.74, 6) is 0.00219. The Labute approximate surface area is 132 Å². The molecule has 0 atom stereocenters. The lowest BCUT2D eigenvalue weighted by Gasteiger charge is -2.02. The van der Waals surface area contributed by atoms with E-state index in [0.717, 1.165) is 10.2 Å². The number of nitrogen functional groups attached to an aromatic ring is 1. The van der Waals surface area contributed by atoms with Gasteiger partial charge in [0.1, 0.15) is 5.75 Å². The fraction of sp³-hybridized carbons (Fsp3) is 0.0625. The summed E-state index contributed by atoms with van der Waals surface area (Å²) in [6.07, 6.45) is 0. The smallest absolute Gasteiger partial charge is 0.281 e. The quantitative estimate of drug-likeness (QED) is 0.641. The number of nitrogens with two attached hydrogens (primary N) is 1. The highest BCUT2D eigenvalue weighted by atomic mass is 16.3. The number of aromatic hydroxyl groups is 1. The Hall–Kier alpha value is -3.35. The van der Waals surface area contributed by atoms with Gasteiger partial charge in [-0.2, -0.15) is 9.67 Å². The number of carbonyl (C=O) groups is 1. The number of phenolic OH excluding ortho intramolecular Hbond substituents is 1. The van der Waals surface area contributed by atoms with E-state index in [0.29, 0.717) is 11.3 Å². The number of aromatic nitrogens is 3. The monoisotopic (exact) mass is 309 g/mol. The number of benzene rings is 2. The summed E-state index contributed by atoms with van der Waals surface area (Å²) in [6, 6.07) is 13.5. The van der Waals surface area contributed by atoms with E-state index in [1.165, 1.54) is 12.1 Å². The van der Waals surface area contributed by atoms with Gasteiger partial charge in [-0.3, -0.25) is 4.79 Å². The van der Waals surface area contributed by atoms with Crippen molar-refractivity contribution in [3.63, 3.8) is 0 Å². The molecule has 0 aliphatic rings. The Bertz CT molecular complexity index is 838. The van der Waals surface area contributed by atoms with Crippen LogP contribution in [-0.4, -0.2) is 25.8 Å². The number of nitrogens with one attached hydrogen (secondary N) is 1. The molecule has 0 bridgehead atoms. The highest BCUT2D eigenvalue weighted by Crippen LogP contribution is 2.18. The number of hydrogen-bond donors (Lipinski definition) is 3. The molecule has 1 aromatic heterocycles. The van der Waals surface area contributed by atoms with Gasteiger partial charge in [-0.05, 0) is 43.3 Å². The minimum Gasteiger partial charge on any atom is -0.508 e. The van der Waals surface area contributed by atoms with Crippen molar-refractivity contribution in [1.82, 2.24) is 14.8 Å². The SMILES string of the molecule is Cc1ccc(C(=O)n2nc(Nc3ccc(O)cc3)nc2N)cc1. The zero-order chi connectivity index (χ0) is 16.4. The van der Waals surface area contributed by atoms with Gasteiger partial charge in [0.2, 0.25) is 11.9 Å². The largest absolute Gasteiger partial charge is 0.508 e. The van der Waals surface area contributed by atoms with Crippen molar-refractivity contribution in [3.8, 4) is 5.75 Å². The maximum atomic E-state index is 12.4. The first-order valence-electron chi connectivity index (χ1n) is 6.93. The van der Waals surface area contributed by atoms with E-state index < -0.39 is 0 Å². The predicted molar refractivity (Wildman–Crippen MR) is 86.7 cm³/mol. The van der Waals surface area contributed by atoms with Gasteiger partial charge in [-0.15, -0.1) is 5.10 Å². The average molecular weight is 309 g/mol. The van der Waals surface area contributed by atoms with Crippen LogP contribution < -0.4 is 11.1 Å². The molecule has 1 heterocycles. The fourth-order valence-corrected chi connectivity index (χ4v) is 2.02. The lowest BCUT2D eigenvalue weighted by Crippen LogP contribution is -2.16. The molecule has 3 rings (SSSR count). The maximum absolute atomic E-state index is 12.4. The van der Waals surface area contributed by atoms with Gasteiger partial charge in [0.25, 0.3) is 5.91 Å². The van der Waals surface area contributed by atoms with Gasteiger partial charge in [-0.25, -0.2) is 0 Å². The second-order valence-electron chi connectivity index (χ2n) is 5.05. The van der Waals surface area contributed by atoms with Crippen LogP contribution in [0.15, 0.2) is 48.5 Å². The highest BCUT2D eigenvalue weighted by molar-refractivity contribution is 5.96. The predicted octanol–water partition coefficient (Wildman–Crippen LogP) is 2.31. The van der Waals surface area contributed by atoms with Gasteiger partial charge >= 0.3 is 0 Å². The van der Waals surface area contributed by atoms with Crippen LogP contribution in [0, 0.1) is 6.92 Å². The van der Waals surface area contributed by atoms with E-state index in [1.807, 2.05) is 19.1 Å². The van der Waals surface area contributed by atoms with Crippen LogP contribution in [0.1, 0.15) is 15.9 Å². The maximum Gasteiger partial charge on any atom is 0.281 e. The Morgan fingerprint density at radius 1 is 1.13 bits per heavy atom. The molecule has 7 nitrogen and oxygen atoms in total. The number of carbonyl (C=O) groups excluding carboxylic acids is 1. The van der Waals surface area contributed by atoms with Crippen LogP contribution in [-0.2, 0) is 0 Å². The summed E-state index contributed by atoms with van der Waals surface area (Å²) in [6.45, 7) is 1.94. The normalized spacial score (nSPS) is 10.5. The third-order valence-corrected chi connectivity index (χ3v) is 3.25. The lowest BCUT2D eigenvalue weighted by molar-refractivity contribution is 0.0948. The van der Waals surface area contributed by atoms with E-state index in [-0.39, 0.29) is 23.6 Å². The molecule has 0 radical (unpaired) electrons. The first-order chi connectivity index (χ1) is 11.0. The lowest BCUT2D eigenvalue weighted by atomic mass is 10.1. The van der Waals surface area contributed by atoms with E-state index >= 15 is 0 Å². The Balaban J connectivity index is 1.84. The van der Waals surface area contributed by atoms with Crippen LogP contribution in [0.3, 0.4) is 0 Å². The summed E-state index contributed by atoms with van der Waals surface area (Å²) >= 11 is 0. The van der Waals surface area contributed by atoms with Crippen LogP contribution in [0.5, 0.6) is 5.75 Å². The van der Waals surface area contributed by atoms with Crippen molar-refractivity contribution < 1.29 is 9.90 Å². The molecule has 0 unspecified atom stereocenters. The molecule has 0 spiro atoms. The van der Waals surface area contributed by atoms with Crippen LogP contribution in [0.2, 0.25) is 0 Å². The molecule has 0 aliphatic heterocycles. The van der Waals surface area contributed by atoms with Gasteiger partial charge in [-0.1, -0.05) is 17.7 Å². The fourth-order valence-electron chi connectivity index (χ4n) is 2.02. The molecule has 23 heavy (non-hydrogen) atoms. The van der Waals surface area contributed by atoms with Crippen molar-refractivity contribution in [2.45, 2.75) is 6.92 Å². The van der Waals surface area contributed by atoms with E-state index in [1.54, 1.807) is 24.3 Å². The molecule has 3 aromatic rings. The molecule has 2 aromatic carbocycles. The van der Waals surface area contributed by atoms with E-state index in [2.05, 4.69) is 15.4 Å². The van der Waals surface area contributed by atoms with Crippen LogP contribution in [0.4, 0.5) is 17.6 Å². The standard InChI is InChI=1S/C16H15N5O2/c1-10-2-4-11(5-3-10)14(23)21-15(17)19-16(20-21)18-12-6-8-13(22)9-7-12/h2-9,22H,1H3,(H3,17,18,19,20). The summed E-state index contributed by atoms with van der Waals surface area (Å²) in [7, 11) is 0. The topological polar surface area (TPSA) is 106 Å². The molecule has 116 valence electrons. The molecular weight excluding hydrogens is 294 g/mol. The summed E-state index contributed by atoms with van der Waals surface area (Å²) < 4.78 is 1.05. The minimum absolute atomic E-state index is 0.00291. The van der Waals surface area contributed by atoms with E-state index in [9.17, 15) is 9.90 Å². The molecule has 0 aliphatic carbocycles. The molecule has 7 heteroatoms. The molecule has 4 N–H and O–H groups in total. The van der Waals surface area contributed by atoms with Crippen molar-refractivity contribution in [2.75, 3.05) is 11.1 Å². The third-order valence-electron chi connectivity index (χ3n) is 3.25. The van der Waals surface area contributed by atoms with Crippen molar-refractivity contribution in [1.29, 1.82) is 0 Å². The molecular formula is C16H15N5O2. The van der Waals surface area contributed by atoms with Gasteiger partial charge in [0.15, 0.2) is 0 Å². The average Bonchev–Trinajstić information content (AvgIpc) is 2.90. The number of rotatable bonds is 3. The summed E-state index contributed by atoms with van der Waals surface area (Å²) in [5, 5.41) is 16.3. The number of anilines is 3. The van der Waals surface area contributed by atoms with Gasteiger partial charge in [0, 0.05) is 11.3 Å². The number of hydrogen-bond acceptors (Lipinski definition) is 6. The second-order valence-corrected chi connectivity index (χ2v) is 5.05. The first kappa shape index (κ1) is 14.6.